The van der Waals surface area contributed by atoms with E-state index in [-0.39, 0.29) is 6.10 Å². The van der Waals surface area contributed by atoms with Crippen LogP contribution < -0.4 is 0 Å². The van der Waals surface area contributed by atoms with Crippen LogP contribution in [0.3, 0.4) is 0 Å². The standard InChI is InChI=1S/C25H32N4O3/c1-4-11-29-17-21(19(3)26-29)16-28-12-9-25(10-13-28,24(30)31)15-22-14-23(27-32-22)20-7-5-18(2)6-8-20/h4-8,17,22H,1,9-16H2,2-3H3,(H,30,31)/t22-/m1/s1. The largest absolute Gasteiger partial charge is 0.481 e. The zero-order valence-corrected chi connectivity index (χ0v) is 19.0. The molecule has 1 aromatic heterocycles. The third-order valence-electron chi connectivity index (χ3n) is 6.76. The lowest BCUT2D eigenvalue weighted by Gasteiger charge is -2.39. The number of aryl methyl sites for hydroxylation is 2. The van der Waals surface area contributed by atoms with Crippen LogP contribution in [0.2, 0.25) is 0 Å². The van der Waals surface area contributed by atoms with Gasteiger partial charge in [-0.1, -0.05) is 41.1 Å². The van der Waals surface area contributed by atoms with Crippen molar-refractivity contribution in [2.75, 3.05) is 13.1 Å². The van der Waals surface area contributed by atoms with Gasteiger partial charge in [0.05, 0.1) is 23.4 Å². The summed E-state index contributed by atoms with van der Waals surface area (Å²) >= 11 is 0. The van der Waals surface area contributed by atoms with Crippen LogP contribution in [-0.4, -0.2) is 50.7 Å². The molecule has 1 saturated heterocycles. The maximum atomic E-state index is 12.3. The minimum Gasteiger partial charge on any atom is -0.481 e. The highest BCUT2D eigenvalue weighted by Gasteiger charge is 2.45. The van der Waals surface area contributed by atoms with Gasteiger partial charge in [0.25, 0.3) is 0 Å². The number of likely N-dealkylation sites (tertiary alicyclic amines) is 1. The maximum absolute atomic E-state index is 12.3. The smallest absolute Gasteiger partial charge is 0.309 e. The van der Waals surface area contributed by atoms with Gasteiger partial charge < -0.3 is 9.94 Å². The van der Waals surface area contributed by atoms with E-state index in [2.05, 4.69) is 47.0 Å². The number of rotatable bonds is 8. The van der Waals surface area contributed by atoms with Crippen LogP contribution in [0.25, 0.3) is 0 Å². The van der Waals surface area contributed by atoms with Crippen molar-refractivity contribution in [1.29, 1.82) is 0 Å². The predicted octanol–water partition coefficient (Wildman–Crippen LogP) is 3.94. The molecule has 0 radical (unpaired) electrons. The second-order valence-electron chi connectivity index (χ2n) is 9.15. The summed E-state index contributed by atoms with van der Waals surface area (Å²) in [4.78, 5) is 20.3. The predicted molar refractivity (Wildman–Crippen MR) is 124 cm³/mol. The summed E-state index contributed by atoms with van der Waals surface area (Å²) < 4.78 is 1.90. The normalized spacial score (nSPS) is 20.6. The van der Waals surface area contributed by atoms with Crippen molar-refractivity contribution < 1.29 is 14.7 Å². The van der Waals surface area contributed by atoms with Gasteiger partial charge in [0.1, 0.15) is 6.10 Å². The monoisotopic (exact) mass is 436 g/mol. The second-order valence-corrected chi connectivity index (χ2v) is 9.15. The number of allylic oxidation sites excluding steroid dienone is 1. The molecule has 0 bridgehead atoms. The molecule has 32 heavy (non-hydrogen) atoms. The van der Waals surface area contributed by atoms with Crippen molar-refractivity contribution in [2.24, 2.45) is 10.6 Å². The molecule has 2 aromatic rings. The van der Waals surface area contributed by atoms with Crippen LogP contribution in [0.15, 0.2) is 48.3 Å². The highest BCUT2D eigenvalue weighted by molar-refractivity contribution is 6.01. The molecule has 0 spiro atoms. The van der Waals surface area contributed by atoms with Gasteiger partial charge in [0.15, 0.2) is 0 Å². The van der Waals surface area contributed by atoms with Crippen molar-refractivity contribution in [3.05, 3.63) is 65.5 Å². The molecular weight excluding hydrogens is 404 g/mol. The SMILES string of the molecule is C=CCn1cc(CN2CCC(C[C@H]3CC(c4ccc(C)cc4)=NO3)(C(=O)O)CC2)c(C)n1. The van der Waals surface area contributed by atoms with Crippen molar-refractivity contribution in [1.82, 2.24) is 14.7 Å². The Kier molecular flexibility index (Phi) is 6.46. The van der Waals surface area contributed by atoms with Gasteiger partial charge in [-0.25, -0.2) is 0 Å². The Morgan fingerprint density at radius 1 is 1.28 bits per heavy atom. The highest BCUT2D eigenvalue weighted by Crippen LogP contribution is 2.39. The first-order chi connectivity index (χ1) is 15.4. The lowest BCUT2D eigenvalue weighted by Crippen LogP contribution is -2.45. The Balaban J connectivity index is 1.35. The summed E-state index contributed by atoms with van der Waals surface area (Å²) in [6, 6.07) is 8.21. The molecule has 1 atom stereocenters. The minimum atomic E-state index is -0.762. The summed E-state index contributed by atoms with van der Waals surface area (Å²) in [6.07, 6.45) is 6.08. The zero-order valence-electron chi connectivity index (χ0n) is 19.0. The Hall–Kier alpha value is -2.93. The number of carboxylic acids is 1. The van der Waals surface area contributed by atoms with E-state index in [1.807, 2.05) is 29.8 Å². The summed E-state index contributed by atoms with van der Waals surface area (Å²) in [5, 5.41) is 18.9. The number of oxime groups is 1. The Morgan fingerprint density at radius 3 is 2.66 bits per heavy atom. The average Bonchev–Trinajstić information content (AvgIpc) is 3.37. The summed E-state index contributed by atoms with van der Waals surface area (Å²) in [7, 11) is 0. The van der Waals surface area contributed by atoms with E-state index in [4.69, 9.17) is 4.84 Å². The molecule has 7 heteroatoms. The second kappa shape index (κ2) is 9.28. The van der Waals surface area contributed by atoms with Gasteiger partial charge in [0.2, 0.25) is 0 Å². The Bertz CT molecular complexity index is 1000. The van der Waals surface area contributed by atoms with E-state index in [1.165, 1.54) is 11.1 Å². The molecule has 7 nitrogen and oxygen atoms in total. The molecule has 1 aromatic carbocycles. The number of piperidine rings is 1. The number of hydrogen-bond donors (Lipinski definition) is 1. The molecule has 0 saturated carbocycles. The van der Waals surface area contributed by atoms with Crippen LogP contribution in [0, 0.1) is 19.3 Å². The molecule has 0 amide bonds. The fourth-order valence-corrected chi connectivity index (χ4v) is 4.72. The number of carboxylic acid groups (broad SMARTS) is 1. The van der Waals surface area contributed by atoms with Crippen LogP contribution in [0.1, 0.15) is 48.1 Å². The van der Waals surface area contributed by atoms with Gasteiger partial charge in [-0.15, -0.1) is 6.58 Å². The molecule has 2 aliphatic rings. The van der Waals surface area contributed by atoms with E-state index in [1.54, 1.807) is 0 Å². The minimum absolute atomic E-state index is 0.187. The van der Waals surface area contributed by atoms with Gasteiger partial charge in [-0.05, 0) is 45.3 Å². The third kappa shape index (κ3) is 4.78. The number of aromatic nitrogens is 2. The van der Waals surface area contributed by atoms with E-state index in [9.17, 15) is 9.90 Å². The lowest BCUT2D eigenvalue weighted by atomic mass is 9.73. The Labute approximate surface area is 189 Å². The number of benzene rings is 1. The quantitative estimate of drug-likeness (QED) is 0.634. The molecule has 170 valence electrons. The van der Waals surface area contributed by atoms with E-state index >= 15 is 0 Å². The first-order valence-electron chi connectivity index (χ1n) is 11.3. The van der Waals surface area contributed by atoms with Crippen LogP contribution >= 0.6 is 0 Å². The fourth-order valence-electron chi connectivity index (χ4n) is 4.72. The van der Waals surface area contributed by atoms with Crippen LogP contribution in [-0.2, 0) is 22.7 Å². The van der Waals surface area contributed by atoms with Crippen molar-refractivity contribution >= 4 is 11.7 Å². The zero-order chi connectivity index (χ0) is 22.7. The van der Waals surface area contributed by atoms with Crippen LogP contribution in [0.5, 0.6) is 0 Å². The maximum Gasteiger partial charge on any atom is 0.309 e. The summed E-state index contributed by atoms with van der Waals surface area (Å²) in [5.74, 6) is -0.723. The number of carbonyl (C=O) groups is 1. The molecule has 4 rings (SSSR count). The number of aliphatic carboxylic acids is 1. The fraction of sp³-hybridized carbons (Fsp3) is 0.480. The van der Waals surface area contributed by atoms with E-state index < -0.39 is 11.4 Å². The van der Waals surface area contributed by atoms with Gasteiger partial charge >= 0.3 is 5.97 Å². The molecule has 0 unspecified atom stereocenters. The molecule has 2 aliphatic heterocycles. The lowest BCUT2D eigenvalue weighted by molar-refractivity contribution is -0.155. The van der Waals surface area contributed by atoms with Gasteiger partial charge in [-0.3, -0.25) is 14.4 Å². The van der Waals surface area contributed by atoms with Crippen molar-refractivity contribution in [2.45, 2.75) is 58.7 Å². The highest BCUT2D eigenvalue weighted by atomic mass is 16.6. The topological polar surface area (TPSA) is 80.0 Å². The molecular formula is C25H32N4O3. The van der Waals surface area contributed by atoms with E-state index in [0.29, 0.717) is 32.2 Å². The van der Waals surface area contributed by atoms with Crippen molar-refractivity contribution in [3.63, 3.8) is 0 Å². The van der Waals surface area contributed by atoms with Gasteiger partial charge in [-0.2, -0.15) is 5.10 Å². The average molecular weight is 437 g/mol. The van der Waals surface area contributed by atoms with E-state index in [0.717, 1.165) is 36.6 Å². The van der Waals surface area contributed by atoms with Gasteiger partial charge in [0, 0.05) is 31.1 Å². The summed E-state index contributed by atoms with van der Waals surface area (Å²) in [6.45, 7) is 10.8. The Morgan fingerprint density at radius 2 is 2.00 bits per heavy atom. The summed E-state index contributed by atoms with van der Waals surface area (Å²) in [5.41, 5.74) is 4.59. The molecule has 1 fully saturated rings. The van der Waals surface area contributed by atoms with Crippen LogP contribution in [0.4, 0.5) is 0 Å². The first-order valence-corrected chi connectivity index (χ1v) is 11.3. The third-order valence-corrected chi connectivity index (χ3v) is 6.76. The number of hydrogen-bond acceptors (Lipinski definition) is 5. The molecule has 3 heterocycles. The van der Waals surface area contributed by atoms with Crippen molar-refractivity contribution in [3.8, 4) is 0 Å². The molecule has 0 aliphatic carbocycles. The number of nitrogens with zero attached hydrogens (tertiary/aromatic N) is 4. The first kappa shape index (κ1) is 22.3. The molecule has 1 N–H and O–H groups in total.